The largest absolute Gasteiger partial charge is 0.350 e. The van der Waals surface area contributed by atoms with E-state index >= 15 is 0 Å². The smallest absolute Gasteiger partial charge is 0.153 e. The van der Waals surface area contributed by atoms with E-state index in [9.17, 15) is 9.18 Å². The lowest BCUT2D eigenvalue weighted by molar-refractivity contribution is 0.112. The number of nitrogens with zero attached hydrogens (tertiary/aromatic N) is 1. The zero-order valence-electron chi connectivity index (χ0n) is 8.04. The van der Waals surface area contributed by atoms with Crippen LogP contribution in [0.1, 0.15) is 15.9 Å². The number of aryl methyl sites for hydroxylation is 2. The minimum Gasteiger partial charge on any atom is -0.350 e. The molecule has 3 heteroatoms. The van der Waals surface area contributed by atoms with Crippen LogP contribution in [-0.4, -0.2) is 10.9 Å². The van der Waals surface area contributed by atoms with E-state index in [4.69, 9.17) is 0 Å². The quantitative estimate of drug-likeness (QED) is 0.634. The SMILES string of the molecule is Cc1cn(C)c2ccc(C=O)c(F)c12. The number of carbonyl (C=O) groups excluding carboxylic acids is 1. The summed E-state index contributed by atoms with van der Waals surface area (Å²) in [6.07, 6.45) is 2.39. The topological polar surface area (TPSA) is 22.0 Å². The molecule has 0 unspecified atom stereocenters. The number of benzene rings is 1. The molecule has 0 saturated carbocycles. The Labute approximate surface area is 81.0 Å². The maximum atomic E-state index is 13.7. The fraction of sp³-hybridized carbons (Fsp3) is 0.182. The van der Waals surface area contributed by atoms with Crippen molar-refractivity contribution in [3.8, 4) is 0 Å². The summed E-state index contributed by atoms with van der Waals surface area (Å²) in [4.78, 5) is 10.5. The van der Waals surface area contributed by atoms with Crippen molar-refractivity contribution in [3.63, 3.8) is 0 Å². The predicted molar refractivity (Wildman–Crippen MR) is 53.0 cm³/mol. The molecule has 1 aromatic heterocycles. The maximum absolute atomic E-state index is 13.7. The molecular formula is C11H10FNO. The second-order valence-electron chi connectivity index (χ2n) is 3.40. The summed E-state index contributed by atoms with van der Waals surface area (Å²) in [7, 11) is 1.86. The van der Waals surface area contributed by atoms with Gasteiger partial charge in [-0.2, -0.15) is 0 Å². The van der Waals surface area contributed by atoms with Crippen LogP contribution in [0.5, 0.6) is 0 Å². The summed E-state index contributed by atoms with van der Waals surface area (Å²) in [6, 6.07) is 3.26. The van der Waals surface area contributed by atoms with Gasteiger partial charge in [0.15, 0.2) is 6.29 Å². The summed E-state index contributed by atoms with van der Waals surface area (Å²) in [5.41, 5.74) is 1.78. The van der Waals surface area contributed by atoms with E-state index in [2.05, 4.69) is 0 Å². The highest BCUT2D eigenvalue weighted by Gasteiger charge is 2.11. The van der Waals surface area contributed by atoms with Crippen molar-refractivity contribution in [2.75, 3.05) is 0 Å². The molecule has 14 heavy (non-hydrogen) atoms. The van der Waals surface area contributed by atoms with Crippen molar-refractivity contribution in [2.24, 2.45) is 7.05 Å². The summed E-state index contributed by atoms with van der Waals surface area (Å²) in [5, 5.41) is 0.539. The Balaban J connectivity index is 2.94. The first kappa shape index (κ1) is 8.94. The Kier molecular flexibility index (Phi) is 1.88. The fourth-order valence-corrected chi connectivity index (χ4v) is 1.77. The molecule has 2 rings (SSSR count). The molecule has 0 radical (unpaired) electrons. The first-order valence-electron chi connectivity index (χ1n) is 4.34. The van der Waals surface area contributed by atoms with Crippen LogP contribution in [0.15, 0.2) is 18.3 Å². The molecule has 1 aromatic carbocycles. The molecular weight excluding hydrogens is 181 g/mol. The molecule has 0 N–H and O–H groups in total. The van der Waals surface area contributed by atoms with E-state index in [1.165, 1.54) is 6.07 Å². The van der Waals surface area contributed by atoms with Gasteiger partial charge in [-0.3, -0.25) is 4.79 Å². The molecule has 0 aliphatic heterocycles. The van der Waals surface area contributed by atoms with Crippen molar-refractivity contribution in [1.82, 2.24) is 4.57 Å². The van der Waals surface area contributed by atoms with Gasteiger partial charge in [0.2, 0.25) is 0 Å². The molecule has 0 aliphatic carbocycles. The van der Waals surface area contributed by atoms with Crippen LogP contribution in [0.25, 0.3) is 10.9 Å². The first-order chi connectivity index (χ1) is 6.65. The van der Waals surface area contributed by atoms with Crippen LogP contribution in [0, 0.1) is 12.7 Å². The van der Waals surface area contributed by atoms with Crippen LogP contribution in [0.3, 0.4) is 0 Å². The minimum absolute atomic E-state index is 0.117. The van der Waals surface area contributed by atoms with E-state index in [0.29, 0.717) is 11.7 Å². The number of aromatic nitrogens is 1. The monoisotopic (exact) mass is 191 g/mol. The van der Waals surface area contributed by atoms with E-state index in [-0.39, 0.29) is 5.56 Å². The van der Waals surface area contributed by atoms with Crippen LogP contribution >= 0.6 is 0 Å². The van der Waals surface area contributed by atoms with E-state index in [0.717, 1.165) is 11.1 Å². The molecule has 2 nitrogen and oxygen atoms in total. The highest BCUT2D eigenvalue weighted by molar-refractivity contribution is 5.90. The van der Waals surface area contributed by atoms with Crippen molar-refractivity contribution >= 4 is 17.2 Å². The van der Waals surface area contributed by atoms with Gasteiger partial charge in [-0.15, -0.1) is 0 Å². The lowest BCUT2D eigenvalue weighted by Gasteiger charge is -1.99. The number of halogens is 1. The molecule has 0 fully saturated rings. The normalized spacial score (nSPS) is 10.8. The van der Waals surface area contributed by atoms with Gasteiger partial charge in [0, 0.05) is 18.6 Å². The first-order valence-corrected chi connectivity index (χ1v) is 4.34. The van der Waals surface area contributed by atoms with Gasteiger partial charge < -0.3 is 4.57 Å². The fourth-order valence-electron chi connectivity index (χ4n) is 1.77. The third-order valence-corrected chi connectivity index (χ3v) is 2.44. The number of aldehydes is 1. The number of hydrogen-bond acceptors (Lipinski definition) is 1. The zero-order chi connectivity index (χ0) is 10.3. The Bertz CT molecular complexity index is 513. The average Bonchev–Trinajstić information content (AvgIpc) is 2.44. The Morgan fingerprint density at radius 1 is 1.43 bits per heavy atom. The number of carbonyl (C=O) groups is 1. The Hall–Kier alpha value is -1.64. The van der Waals surface area contributed by atoms with Crippen LogP contribution < -0.4 is 0 Å². The highest BCUT2D eigenvalue weighted by Crippen LogP contribution is 2.24. The van der Waals surface area contributed by atoms with Crippen molar-refractivity contribution in [2.45, 2.75) is 6.92 Å². The second-order valence-corrected chi connectivity index (χ2v) is 3.40. The van der Waals surface area contributed by atoms with Gasteiger partial charge in [0.1, 0.15) is 5.82 Å². The zero-order valence-corrected chi connectivity index (χ0v) is 8.04. The molecule has 0 spiro atoms. The van der Waals surface area contributed by atoms with Gasteiger partial charge >= 0.3 is 0 Å². The van der Waals surface area contributed by atoms with Gasteiger partial charge in [-0.1, -0.05) is 0 Å². The predicted octanol–water partition coefficient (Wildman–Crippen LogP) is 2.44. The van der Waals surface area contributed by atoms with Gasteiger partial charge in [-0.25, -0.2) is 4.39 Å². The average molecular weight is 191 g/mol. The van der Waals surface area contributed by atoms with Crippen molar-refractivity contribution in [1.29, 1.82) is 0 Å². The molecule has 2 aromatic rings. The summed E-state index contributed by atoms with van der Waals surface area (Å²) >= 11 is 0. The molecule has 0 saturated heterocycles. The molecule has 0 aliphatic rings. The highest BCUT2D eigenvalue weighted by atomic mass is 19.1. The Morgan fingerprint density at radius 2 is 2.14 bits per heavy atom. The molecule has 72 valence electrons. The van der Waals surface area contributed by atoms with Crippen LogP contribution in [-0.2, 0) is 7.05 Å². The lowest BCUT2D eigenvalue weighted by Crippen LogP contribution is -1.90. The second kappa shape index (κ2) is 2.94. The van der Waals surface area contributed by atoms with Crippen molar-refractivity contribution in [3.05, 3.63) is 35.3 Å². The third kappa shape index (κ3) is 1.05. The van der Waals surface area contributed by atoms with E-state index < -0.39 is 5.82 Å². The van der Waals surface area contributed by atoms with Crippen LogP contribution in [0.4, 0.5) is 4.39 Å². The number of hydrogen-bond donors (Lipinski definition) is 0. The van der Waals surface area contributed by atoms with Crippen LogP contribution in [0.2, 0.25) is 0 Å². The van der Waals surface area contributed by atoms with Gasteiger partial charge in [-0.05, 0) is 24.6 Å². The Morgan fingerprint density at radius 3 is 2.79 bits per heavy atom. The van der Waals surface area contributed by atoms with E-state index in [1.54, 1.807) is 6.07 Å². The maximum Gasteiger partial charge on any atom is 0.153 e. The van der Waals surface area contributed by atoms with Gasteiger partial charge in [0.05, 0.1) is 11.1 Å². The molecule has 0 amide bonds. The van der Waals surface area contributed by atoms with Crippen molar-refractivity contribution < 1.29 is 9.18 Å². The molecule has 0 atom stereocenters. The van der Waals surface area contributed by atoms with Gasteiger partial charge in [0.25, 0.3) is 0 Å². The number of rotatable bonds is 1. The third-order valence-electron chi connectivity index (χ3n) is 2.44. The standard InChI is InChI=1S/C11H10FNO/c1-7-5-13(2)9-4-3-8(6-14)11(12)10(7)9/h3-6H,1-2H3. The molecule has 0 bridgehead atoms. The van der Waals surface area contributed by atoms with E-state index in [1.807, 2.05) is 24.7 Å². The molecule has 1 heterocycles. The number of fused-ring (bicyclic) bond motifs is 1. The summed E-state index contributed by atoms with van der Waals surface area (Å²) in [6.45, 7) is 1.83. The minimum atomic E-state index is -0.421. The summed E-state index contributed by atoms with van der Waals surface area (Å²) in [5.74, 6) is -0.421. The lowest BCUT2D eigenvalue weighted by atomic mass is 10.1. The summed E-state index contributed by atoms with van der Waals surface area (Å²) < 4.78 is 15.5.